The van der Waals surface area contributed by atoms with Gasteiger partial charge in [0.15, 0.2) is 0 Å². The molecule has 0 unspecified atom stereocenters. The third-order valence-electron chi connectivity index (χ3n) is 3.86. The molecule has 0 saturated carbocycles. The summed E-state index contributed by atoms with van der Waals surface area (Å²) in [4.78, 5) is 27.9. The second kappa shape index (κ2) is 8.21. The van der Waals surface area contributed by atoms with Crippen molar-refractivity contribution in [1.82, 2.24) is 4.98 Å². The lowest BCUT2D eigenvalue weighted by Gasteiger charge is -2.07. The van der Waals surface area contributed by atoms with Gasteiger partial charge in [-0.15, -0.1) is 11.3 Å². The van der Waals surface area contributed by atoms with Crippen molar-refractivity contribution in [2.24, 2.45) is 0 Å². The number of nitrogens with zero attached hydrogens (tertiary/aromatic N) is 1. The lowest BCUT2D eigenvalue weighted by molar-refractivity contribution is -0.116. The Hall–Kier alpha value is -2.56. The molecule has 0 aliphatic rings. The molecule has 0 saturated heterocycles. The number of benzene rings is 1. The highest BCUT2D eigenvalue weighted by molar-refractivity contribution is 7.85. The second-order valence-corrected chi connectivity index (χ2v) is 8.72. The Kier molecular flexibility index (Phi) is 5.92. The van der Waals surface area contributed by atoms with Crippen LogP contribution in [0, 0.1) is 0 Å². The van der Waals surface area contributed by atoms with E-state index in [-0.39, 0.29) is 24.4 Å². The number of hydrogen-bond donors (Lipinski definition) is 2. The number of fused-ring (bicyclic) bond motifs is 1. The number of aromatic nitrogens is 1. The molecule has 0 amide bonds. The summed E-state index contributed by atoms with van der Waals surface area (Å²) in [6.07, 6.45) is 0.467. The largest absolute Gasteiger partial charge is 0.422 e. The van der Waals surface area contributed by atoms with Crippen molar-refractivity contribution in [3.63, 3.8) is 0 Å². The van der Waals surface area contributed by atoms with Crippen molar-refractivity contribution < 1.29 is 22.2 Å². The summed E-state index contributed by atoms with van der Waals surface area (Å²) in [5.74, 6) is -0.329. The maximum Gasteiger partial charge on any atom is 0.346 e. The summed E-state index contributed by atoms with van der Waals surface area (Å²) in [5, 5.41) is 5.98. The lowest BCUT2D eigenvalue weighted by Crippen LogP contribution is -2.10. The molecule has 0 aliphatic heterocycles. The molecular formula is C18H18N2O6S2. The minimum Gasteiger partial charge on any atom is -0.422 e. The average molecular weight is 422 g/mol. The van der Waals surface area contributed by atoms with Gasteiger partial charge in [0.2, 0.25) is 0 Å². The molecule has 8 nitrogen and oxygen atoms in total. The third kappa shape index (κ3) is 5.24. The van der Waals surface area contributed by atoms with E-state index in [2.05, 4.69) is 10.3 Å². The van der Waals surface area contributed by atoms with E-state index in [0.717, 1.165) is 0 Å². The van der Waals surface area contributed by atoms with Gasteiger partial charge in [-0.2, -0.15) is 8.42 Å². The van der Waals surface area contributed by atoms with Gasteiger partial charge in [0.25, 0.3) is 10.1 Å². The fourth-order valence-corrected chi connectivity index (χ4v) is 3.96. The van der Waals surface area contributed by atoms with Crippen molar-refractivity contribution in [3.05, 3.63) is 45.8 Å². The highest BCUT2D eigenvalue weighted by Gasteiger charge is 2.13. The second-order valence-electron chi connectivity index (χ2n) is 6.29. The zero-order chi connectivity index (χ0) is 20.3. The maximum absolute atomic E-state index is 12.4. The number of Topliss-reactive ketones (excluding diaryl/α,β-unsaturated/α-hetero) is 1. The van der Waals surface area contributed by atoms with Gasteiger partial charge in [-0.25, -0.2) is 9.78 Å². The van der Waals surface area contributed by atoms with Gasteiger partial charge in [0, 0.05) is 35.5 Å². The zero-order valence-corrected chi connectivity index (χ0v) is 16.6. The minimum absolute atomic E-state index is 0.000914. The summed E-state index contributed by atoms with van der Waals surface area (Å²) in [6, 6.07) is 6.90. The van der Waals surface area contributed by atoms with Crippen LogP contribution in [0.4, 0.5) is 5.69 Å². The van der Waals surface area contributed by atoms with Crippen molar-refractivity contribution in [2.75, 3.05) is 17.6 Å². The molecule has 28 heavy (non-hydrogen) atoms. The molecule has 0 radical (unpaired) electrons. The lowest BCUT2D eigenvalue weighted by atomic mass is 10.1. The molecule has 2 N–H and O–H groups in total. The molecule has 2 aromatic heterocycles. The van der Waals surface area contributed by atoms with Gasteiger partial charge in [0.1, 0.15) is 16.4 Å². The molecule has 0 aliphatic carbocycles. The quantitative estimate of drug-likeness (QED) is 0.322. The summed E-state index contributed by atoms with van der Waals surface area (Å²) in [7, 11) is -3.98. The predicted molar refractivity (Wildman–Crippen MR) is 107 cm³/mol. The van der Waals surface area contributed by atoms with E-state index in [1.807, 2.05) is 0 Å². The minimum atomic E-state index is -3.98. The van der Waals surface area contributed by atoms with Gasteiger partial charge in [-0.05, 0) is 31.5 Å². The predicted octanol–water partition coefficient (Wildman–Crippen LogP) is 2.74. The first-order valence-corrected chi connectivity index (χ1v) is 10.9. The molecule has 3 aromatic rings. The van der Waals surface area contributed by atoms with Crippen LogP contribution >= 0.6 is 11.3 Å². The number of nitrogens with one attached hydrogen (secondary N) is 1. The van der Waals surface area contributed by atoms with E-state index in [4.69, 9.17) is 8.97 Å². The van der Waals surface area contributed by atoms with Gasteiger partial charge >= 0.3 is 5.63 Å². The van der Waals surface area contributed by atoms with E-state index in [1.54, 1.807) is 29.6 Å². The maximum atomic E-state index is 12.4. The number of hydrogen-bond acceptors (Lipinski definition) is 8. The number of anilines is 1. The summed E-state index contributed by atoms with van der Waals surface area (Å²) >= 11 is 1.28. The standard InChI is InChI=1S/C18H18N2O6S2/c1-11(21)7-14-10-27-17(20-14)15-8-12-3-4-13(9-16(12)26-18(15)22)19-5-2-6-28(23,24)25/h3-4,8-10,19H,2,5-7H2,1H3,(H,23,24,25). The van der Waals surface area contributed by atoms with E-state index >= 15 is 0 Å². The first-order valence-electron chi connectivity index (χ1n) is 8.42. The first kappa shape index (κ1) is 20.2. The van der Waals surface area contributed by atoms with Crippen LogP contribution in [0.5, 0.6) is 0 Å². The fourth-order valence-electron chi connectivity index (χ4n) is 2.62. The topological polar surface area (TPSA) is 127 Å². The molecular weight excluding hydrogens is 404 g/mol. The van der Waals surface area contributed by atoms with Crippen LogP contribution < -0.4 is 10.9 Å². The normalized spacial score (nSPS) is 11.6. The van der Waals surface area contributed by atoms with Gasteiger partial charge in [-0.3, -0.25) is 9.35 Å². The van der Waals surface area contributed by atoms with Crippen LogP contribution in [0.1, 0.15) is 19.0 Å². The Bertz CT molecular complexity index is 1180. The SMILES string of the molecule is CC(=O)Cc1csc(-c2cc3ccc(NCCCS(=O)(=O)O)cc3oc2=O)n1. The Balaban J connectivity index is 1.79. The van der Waals surface area contributed by atoms with Crippen LogP contribution in [0.25, 0.3) is 21.5 Å². The van der Waals surface area contributed by atoms with Crippen LogP contribution in [0.2, 0.25) is 0 Å². The number of rotatable bonds is 8. The molecule has 10 heteroatoms. The summed E-state index contributed by atoms with van der Waals surface area (Å²) in [6.45, 7) is 1.82. The van der Waals surface area contributed by atoms with Crippen LogP contribution in [-0.4, -0.2) is 36.0 Å². The molecule has 0 atom stereocenters. The highest BCUT2D eigenvalue weighted by atomic mass is 32.2. The van der Waals surface area contributed by atoms with E-state index in [1.165, 1.54) is 18.3 Å². The molecule has 0 spiro atoms. The number of ketones is 1. The van der Waals surface area contributed by atoms with Crippen molar-refractivity contribution >= 4 is 43.9 Å². The smallest absolute Gasteiger partial charge is 0.346 e. The molecule has 0 fully saturated rings. The third-order valence-corrected chi connectivity index (χ3v) is 5.59. The average Bonchev–Trinajstić information content (AvgIpc) is 3.04. The van der Waals surface area contributed by atoms with E-state index < -0.39 is 15.7 Å². The van der Waals surface area contributed by atoms with Crippen LogP contribution in [0.3, 0.4) is 0 Å². The number of carbonyl (C=O) groups is 1. The molecule has 1 aromatic carbocycles. The van der Waals surface area contributed by atoms with Crippen molar-refractivity contribution in [1.29, 1.82) is 0 Å². The van der Waals surface area contributed by atoms with Crippen LogP contribution in [0.15, 0.2) is 38.9 Å². The van der Waals surface area contributed by atoms with Crippen molar-refractivity contribution in [2.45, 2.75) is 19.8 Å². The van der Waals surface area contributed by atoms with E-state index in [0.29, 0.717) is 39.5 Å². The molecule has 148 valence electrons. The molecule has 3 rings (SSSR count). The monoisotopic (exact) mass is 422 g/mol. The zero-order valence-electron chi connectivity index (χ0n) is 15.0. The van der Waals surface area contributed by atoms with Gasteiger partial charge in [-0.1, -0.05) is 0 Å². The Morgan fingerprint density at radius 2 is 2.11 bits per heavy atom. The van der Waals surface area contributed by atoms with Crippen molar-refractivity contribution in [3.8, 4) is 10.6 Å². The highest BCUT2D eigenvalue weighted by Crippen LogP contribution is 2.26. The fraction of sp³-hybridized carbons (Fsp3) is 0.278. The summed E-state index contributed by atoms with van der Waals surface area (Å²) < 4.78 is 35.6. The Morgan fingerprint density at radius 3 is 2.82 bits per heavy atom. The van der Waals surface area contributed by atoms with Gasteiger partial charge < -0.3 is 9.73 Å². The number of carbonyl (C=O) groups excluding carboxylic acids is 1. The molecule has 0 bridgehead atoms. The Morgan fingerprint density at radius 1 is 1.32 bits per heavy atom. The molecule has 2 heterocycles. The van der Waals surface area contributed by atoms with Crippen LogP contribution in [-0.2, 0) is 21.3 Å². The summed E-state index contributed by atoms with van der Waals surface area (Å²) in [5.41, 5.74) is 1.48. The first-order chi connectivity index (χ1) is 13.2. The Labute approximate surface area is 165 Å². The van der Waals surface area contributed by atoms with Gasteiger partial charge in [0.05, 0.1) is 17.0 Å². The van der Waals surface area contributed by atoms with E-state index in [9.17, 15) is 18.0 Å². The number of thiazole rings is 1.